The zero-order valence-corrected chi connectivity index (χ0v) is 11.8. The number of benzene rings is 2. The molecule has 1 amide bonds. The number of halogens is 2. The molecule has 2 aromatic rings. The van der Waals surface area contributed by atoms with Crippen LogP contribution < -0.4 is 14.9 Å². The van der Waals surface area contributed by atoms with Crippen LogP contribution in [0.5, 0.6) is 11.5 Å². The lowest BCUT2D eigenvalue weighted by molar-refractivity contribution is -0.130. The Balaban J connectivity index is 1.61. The molecule has 1 N–H and O–H groups in total. The Morgan fingerprint density at radius 2 is 2.00 bits per heavy atom. The van der Waals surface area contributed by atoms with E-state index in [1.807, 2.05) is 0 Å². The molecule has 0 bridgehead atoms. The Morgan fingerprint density at radius 1 is 1.22 bits per heavy atom. The van der Waals surface area contributed by atoms with Crippen molar-refractivity contribution < 1.29 is 23.0 Å². The number of carbonyl (C=O) groups excluding carboxylic acids is 1. The fraction of sp³-hybridized carbons (Fsp3) is 0.125. The Labute approximate surface area is 130 Å². The van der Waals surface area contributed by atoms with Crippen molar-refractivity contribution in [2.45, 2.75) is 6.10 Å². The summed E-state index contributed by atoms with van der Waals surface area (Å²) in [6.07, 6.45) is 0.227. The van der Waals surface area contributed by atoms with E-state index >= 15 is 0 Å². The van der Waals surface area contributed by atoms with E-state index in [1.54, 1.807) is 24.3 Å². The number of ether oxygens (including phenoxy) is 2. The molecule has 0 saturated carbocycles. The van der Waals surface area contributed by atoms with Crippen LogP contribution in [0.3, 0.4) is 0 Å². The average Bonchev–Trinajstić information content (AvgIpc) is 2.56. The summed E-state index contributed by atoms with van der Waals surface area (Å²) in [5.41, 5.74) is 2.29. The molecule has 1 unspecified atom stereocenters. The maximum absolute atomic E-state index is 13.4. The quantitative estimate of drug-likeness (QED) is 0.697. The van der Waals surface area contributed by atoms with E-state index in [0.29, 0.717) is 11.5 Å². The predicted octanol–water partition coefficient (Wildman–Crippen LogP) is 2.25. The molecule has 0 radical (unpaired) electrons. The molecule has 1 atom stereocenters. The lowest BCUT2D eigenvalue weighted by Gasteiger charge is -2.24. The van der Waals surface area contributed by atoms with E-state index in [2.05, 4.69) is 10.5 Å². The van der Waals surface area contributed by atoms with Crippen LogP contribution >= 0.6 is 0 Å². The average molecular weight is 318 g/mol. The molecule has 3 rings (SSSR count). The van der Waals surface area contributed by atoms with Gasteiger partial charge in [0.05, 0.1) is 6.21 Å². The van der Waals surface area contributed by atoms with Crippen molar-refractivity contribution in [3.63, 3.8) is 0 Å². The summed E-state index contributed by atoms with van der Waals surface area (Å²) in [4.78, 5) is 12.0. The normalized spacial score (nSPS) is 16.3. The first-order valence-electron chi connectivity index (χ1n) is 6.80. The van der Waals surface area contributed by atoms with E-state index < -0.39 is 23.6 Å². The van der Waals surface area contributed by atoms with Crippen LogP contribution in [0.25, 0.3) is 0 Å². The summed E-state index contributed by atoms with van der Waals surface area (Å²) in [7, 11) is 0. The molecular weight excluding hydrogens is 306 g/mol. The molecule has 0 saturated heterocycles. The third-order valence-electron chi connectivity index (χ3n) is 3.14. The van der Waals surface area contributed by atoms with Crippen LogP contribution in [0.1, 0.15) is 5.56 Å². The van der Waals surface area contributed by atoms with Crippen LogP contribution in [0.4, 0.5) is 8.78 Å². The van der Waals surface area contributed by atoms with Gasteiger partial charge in [0, 0.05) is 11.6 Å². The molecule has 1 aliphatic rings. The van der Waals surface area contributed by atoms with Gasteiger partial charge in [0.25, 0.3) is 5.91 Å². The van der Waals surface area contributed by atoms with Gasteiger partial charge in [-0.3, -0.25) is 4.79 Å². The van der Waals surface area contributed by atoms with Gasteiger partial charge in [0.2, 0.25) is 6.10 Å². The molecule has 1 aliphatic heterocycles. The number of fused-ring (bicyclic) bond motifs is 1. The van der Waals surface area contributed by atoms with E-state index in [0.717, 1.165) is 18.3 Å². The number of hydrogen-bond donors (Lipinski definition) is 1. The Kier molecular flexibility index (Phi) is 4.18. The number of nitrogens with one attached hydrogen (secondary N) is 1. The van der Waals surface area contributed by atoms with E-state index in [-0.39, 0.29) is 12.2 Å². The SMILES string of the molecule is O=C(NN=Cc1ccc(F)cc1F)C1COc2ccccc2O1. The van der Waals surface area contributed by atoms with Gasteiger partial charge in [0.15, 0.2) is 11.5 Å². The van der Waals surface area contributed by atoms with Crippen LogP contribution in [0.2, 0.25) is 0 Å². The summed E-state index contributed by atoms with van der Waals surface area (Å²) in [5, 5.41) is 3.64. The maximum atomic E-state index is 13.4. The van der Waals surface area contributed by atoms with Gasteiger partial charge in [-0.25, -0.2) is 14.2 Å². The zero-order chi connectivity index (χ0) is 16.2. The van der Waals surface area contributed by atoms with E-state index in [1.165, 1.54) is 6.07 Å². The second-order valence-electron chi connectivity index (χ2n) is 4.76. The van der Waals surface area contributed by atoms with Crippen molar-refractivity contribution in [1.82, 2.24) is 5.43 Å². The number of amides is 1. The second kappa shape index (κ2) is 6.43. The van der Waals surface area contributed by atoms with Crippen LogP contribution in [-0.4, -0.2) is 24.8 Å². The molecule has 118 valence electrons. The second-order valence-corrected chi connectivity index (χ2v) is 4.76. The highest BCUT2D eigenvalue weighted by atomic mass is 19.1. The van der Waals surface area contributed by atoms with Crippen molar-refractivity contribution in [2.75, 3.05) is 6.61 Å². The summed E-state index contributed by atoms with van der Waals surface area (Å²) >= 11 is 0. The van der Waals surface area contributed by atoms with Crippen LogP contribution in [0, 0.1) is 11.6 Å². The highest BCUT2D eigenvalue weighted by Gasteiger charge is 2.26. The maximum Gasteiger partial charge on any atom is 0.284 e. The predicted molar refractivity (Wildman–Crippen MR) is 78.4 cm³/mol. The standard InChI is InChI=1S/C16H12F2N2O3/c17-11-6-5-10(12(18)7-11)8-19-20-16(21)15-9-22-13-3-1-2-4-14(13)23-15/h1-8,15H,9H2,(H,20,21). The van der Waals surface area contributed by atoms with Gasteiger partial charge in [-0.1, -0.05) is 12.1 Å². The monoisotopic (exact) mass is 318 g/mol. The third-order valence-corrected chi connectivity index (χ3v) is 3.14. The van der Waals surface area contributed by atoms with E-state index in [9.17, 15) is 13.6 Å². The van der Waals surface area contributed by atoms with E-state index in [4.69, 9.17) is 9.47 Å². The largest absolute Gasteiger partial charge is 0.485 e. The highest BCUT2D eigenvalue weighted by Crippen LogP contribution is 2.30. The number of nitrogens with zero attached hydrogens (tertiary/aromatic N) is 1. The number of rotatable bonds is 3. The van der Waals surface area contributed by atoms with Gasteiger partial charge >= 0.3 is 0 Å². The molecule has 23 heavy (non-hydrogen) atoms. The smallest absolute Gasteiger partial charge is 0.284 e. The number of para-hydroxylation sites is 2. The lowest BCUT2D eigenvalue weighted by Crippen LogP contribution is -2.42. The summed E-state index contributed by atoms with van der Waals surface area (Å²) in [6.45, 7) is 0.0449. The first kappa shape index (κ1) is 15.0. The van der Waals surface area contributed by atoms with Gasteiger partial charge in [-0.2, -0.15) is 5.10 Å². The Bertz CT molecular complexity index is 765. The minimum absolute atomic E-state index is 0.0449. The van der Waals surface area contributed by atoms with Crippen molar-refractivity contribution in [1.29, 1.82) is 0 Å². The minimum atomic E-state index is -0.861. The highest BCUT2D eigenvalue weighted by molar-refractivity contribution is 5.85. The molecular formula is C16H12F2N2O3. The van der Waals surface area contributed by atoms with Crippen molar-refractivity contribution in [2.24, 2.45) is 5.10 Å². The number of hydrogen-bond acceptors (Lipinski definition) is 4. The molecule has 2 aromatic carbocycles. The van der Waals surface area contributed by atoms with Gasteiger partial charge in [0.1, 0.15) is 18.2 Å². The van der Waals surface area contributed by atoms with Crippen molar-refractivity contribution in [3.05, 3.63) is 59.7 Å². The molecule has 7 heteroatoms. The van der Waals surface area contributed by atoms with Gasteiger partial charge < -0.3 is 9.47 Å². The van der Waals surface area contributed by atoms with Crippen molar-refractivity contribution in [3.8, 4) is 11.5 Å². The summed E-state index contributed by atoms with van der Waals surface area (Å²) < 4.78 is 37.1. The molecule has 0 aliphatic carbocycles. The van der Waals surface area contributed by atoms with Crippen molar-refractivity contribution >= 4 is 12.1 Å². The van der Waals surface area contributed by atoms with Gasteiger partial charge in [-0.05, 0) is 24.3 Å². The number of carbonyl (C=O) groups is 1. The topological polar surface area (TPSA) is 59.9 Å². The fourth-order valence-electron chi connectivity index (χ4n) is 1.99. The molecule has 0 fully saturated rings. The zero-order valence-electron chi connectivity index (χ0n) is 11.8. The summed E-state index contributed by atoms with van der Waals surface area (Å²) in [5.74, 6) is -0.955. The molecule has 0 spiro atoms. The number of hydrazone groups is 1. The first-order chi connectivity index (χ1) is 11.1. The first-order valence-corrected chi connectivity index (χ1v) is 6.80. The minimum Gasteiger partial charge on any atom is -0.485 e. The fourth-order valence-corrected chi connectivity index (χ4v) is 1.99. The molecule has 1 heterocycles. The van der Waals surface area contributed by atoms with Crippen LogP contribution in [0.15, 0.2) is 47.6 Å². The Morgan fingerprint density at radius 3 is 2.78 bits per heavy atom. The van der Waals surface area contributed by atoms with Crippen LogP contribution in [-0.2, 0) is 4.79 Å². The lowest BCUT2D eigenvalue weighted by atomic mass is 10.2. The third kappa shape index (κ3) is 3.45. The summed E-state index contributed by atoms with van der Waals surface area (Å²) in [6, 6.07) is 10.0. The molecule has 0 aromatic heterocycles. The Hall–Kier alpha value is -2.96. The molecule has 5 nitrogen and oxygen atoms in total. The van der Waals surface area contributed by atoms with Gasteiger partial charge in [-0.15, -0.1) is 0 Å².